The average molecular weight is 322 g/mol. The summed E-state index contributed by atoms with van der Waals surface area (Å²) in [7, 11) is 2.80. The largest absolute Gasteiger partial charge is 0.463 e. The number of methoxy groups -OCH3 is 2. The highest BCUT2D eigenvalue weighted by Gasteiger charge is 2.68. The first kappa shape index (κ1) is 17.6. The second kappa shape index (κ2) is 6.02. The zero-order chi connectivity index (χ0) is 17.3. The maximum Gasteiger partial charge on any atom is 0.330 e. The summed E-state index contributed by atoms with van der Waals surface area (Å²) in [5, 5.41) is 0. The lowest BCUT2D eigenvalue weighted by molar-refractivity contribution is -0.190. The van der Waals surface area contributed by atoms with Crippen LogP contribution in [0.25, 0.3) is 0 Å². The molecule has 0 aliphatic heterocycles. The SMILES string of the molecule is CCOC(=O)/C=C/[C@@]1(OC)C(=O)[C@@]2(OC)C=C[C@@H]1C[C@]2(C)C=O. The Hall–Kier alpha value is -1.79. The molecular formula is C17H22O6. The number of fused-ring (bicyclic) bond motifs is 2. The predicted molar refractivity (Wildman–Crippen MR) is 81.7 cm³/mol. The molecule has 6 heteroatoms. The van der Waals surface area contributed by atoms with Gasteiger partial charge in [0, 0.05) is 26.2 Å². The molecule has 0 aromatic heterocycles. The van der Waals surface area contributed by atoms with E-state index in [0.29, 0.717) is 6.42 Å². The Kier molecular flexibility index (Phi) is 4.59. The van der Waals surface area contributed by atoms with E-state index in [9.17, 15) is 14.4 Å². The zero-order valence-corrected chi connectivity index (χ0v) is 13.8. The molecular weight excluding hydrogens is 300 g/mol. The molecule has 0 aromatic carbocycles. The van der Waals surface area contributed by atoms with Crippen LogP contribution in [0.1, 0.15) is 20.3 Å². The van der Waals surface area contributed by atoms with E-state index in [1.807, 2.05) is 6.08 Å². The third-order valence-corrected chi connectivity index (χ3v) is 4.97. The first-order chi connectivity index (χ1) is 10.9. The van der Waals surface area contributed by atoms with E-state index in [1.165, 1.54) is 26.4 Å². The topological polar surface area (TPSA) is 78.9 Å². The molecule has 3 rings (SSSR count). The van der Waals surface area contributed by atoms with Crippen LogP contribution in [-0.4, -0.2) is 50.1 Å². The molecule has 0 radical (unpaired) electrons. The highest BCUT2D eigenvalue weighted by molar-refractivity contribution is 6.05. The lowest BCUT2D eigenvalue weighted by Gasteiger charge is -2.56. The van der Waals surface area contributed by atoms with Gasteiger partial charge in [-0.25, -0.2) is 4.79 Å². The second-order valence-corrected chi connectivity index (χ2v) is 6.06. The number of esters is 1. The van der Waals surface area contributed by atoms with Gasteiger partial charge in [0.05, 0.1) is 12.0 Å². The molecule has 0 aromatic rings. The maximum absolute atomic E-state index is 13.2. The average Bonchev–Trinajstić information content (AvgIpc) is 2.55. The molecule has 1 saturated carbocycles. The molecule has 0 unspecified atom stereocenters. The molecule has 3 aliphatic carbocycles. The van der Waals surface area contributed by atoms with Crippen LogP contribution >= 0.6 is 0 Å². The van der Waals surface area contributed by atoms with Crippen LogP contribution in [0.4, 0.5) is 0 Å². The van der Waals surface area contributed by atoms with Gasteiger partial charge in [-0.1, -0.05) is 6.08 Å². The van der Waals surface area contributed by atoms with Crippen molar-refractivity contribution in [1.82, 2.24) is 0 Å². The van der Waals surface area contributed by atoms with Crippen molar-refractivity contribution in [2.24, 2.45) is 11.3 Å². The molecule has 4 atom stereocenters. The fraction of sp³-hybridized carbons (Fsp3) is 0.588. The van der Waals surface area contributed by atoms with Crippen LogP contribution in [0, 0.1) is 11.3 Å². The highest BCUT2D eigenvalue weighted by Crippen LogP contribution is 2.55. The van der Waals surface area contributed by atoms with E-state index < -0.39 is 22.6 Å². The van der Waals surface area contributed by atoms with Gasteiger partial charge in [-0.2, -0.15) is 0 Å². The maximum atomic E-state index is 13.2. The van der Waals surface area contributed by atoms with Gasteiger partial charge in [-0.15, -0.1) is 0 Å². The van der Waals surface area contributed by atoms with E-state index >= 15 is 0 Å². The number of carbonyl (C=O) groups is 3. The summed E-state index contributed by atoms with van der Waals surface area (Å²) in [6.07, 6.45) is 7.20. The smallest absolute Gasteiger partial charge is 0.330 e. The molecule has 0 spiro atoms. The third-order valence-electron chi connectivity index (χ3n) is 4.97. The molecule has 6 nitrogen and oxygen atoms in total. The van der Waals surface area contributed by atoms with Gasteiger partial charge in [-0.3, -0.25) is 4.79 Å². The third kappa shape index (κ3) is 2.28. The molecule has 2 bridgehead atoms. The molecule has 0 heterocycles. The summed E-state index contributed by atoms with van der Waals surface area (Å²) in [5.41, 5.74) is -3.73. The first-order valence-corrected chi connectivity index (χ1v) is 7.52. The Morgan fingerprint density at radius 3 is 2.61 bits per heavy atom. The molecule has 0 N–H and O–H groups in total. The van der Waals surface area contributed by atoms with Crippen molar-refractivity contribution in [3.05, 3.63) is 24.3 Å². The van der Waals surface area contributed by atoms with Crippen LogP contribution in [-0.2, 0) is 28.6 Å². The molecule has 0 saturated heterocycles. The molecule has 126 valence electrons. The van der Waals surface area contributed by atoms with Crippen molar-refractivity contribution >= 4 is 18.0 Å². The summed E-state index contributed by atoms with van der Waals surface area (Å²) in [6.45, 7) is 3.64. The minimum absolute atomic E-state index is 0.242. The zero-order valence-electron chi connectivity index (χ0n) is 13.8. The lowest BCUT2D eigenvalue weighted by atomic mass is 9.51. The standard InChI is InChI=1S/C17H22O6/c1-5-23-13(19)7-8-16(21-3)12-6-9-17(22-4,14(16)20)15(2,10-12)11-18/h6-9,11-12H,5,10H2,1-4H3/b8-7+/t12-,15-,16+,17+/m1/s1. The van der Waals surface area contributed by atoms with Crippen LogP contribution in [0.2, 0.25) is 0 Å². The van der Waals surface area contributed by atoms with Crippen LogP contribution in [0.5, 0.6) is 0 Å². The fourth-order valence-corrected chi connectivity index (χ4v) is 3.63. The summed E-state index contributed by atoms with van der Waals surface area (Å²) in [6, 6.07) is 0. The van der Waals surface area contributed by atoms with E-state index in [0.717, 1.165) is 6.29 Å². The van der Waals surface area contributed by atoms with Crippen molar-refractivity contribution in [3.8, 4) is 0 Å². The van der Waals surface area contributed by atoms with Gasteiger partial charge in [-0.05, 0) is 32.4 Å². The number of ether oxygens (including phenoxy) is 3. The molecule has 1 fully saturated rings. The summed E-state index contributed by atoms with van der Waals surface area (Å²) < 4.78 is 15.9. The monoisotopic (exact) mass is 322 g/mol. The lowest BCUT2D eigenvalue weighted by Crippen LogP contribution is -2.70. The van der Waals surface area contributed by atoms with Crippen LogP contribution in [0.3, 0.4) is 0 Å². The Morgan fingerprint density at radius 1 is 1.39 bits per heavy atom. The van der Waals surface area contributed by atoms with Crippen LogP contribution < -0.4 is 0 Å². The summed E-state index contributed by atoms with van der Waals surface area (Å²) in [4.78, 5) is 36.4. The summed E-state index contributed by atoms with van der Waals surface area (Å²) in [5.74, 6) is -1.30. The minimum Gasteiger partial charge on any atom is -0.463 e. The highest BCUT2D eigenvalue weighted by atomic mass is 16.5. The van der Waals surface area contributed by atoms with Gasteiger partial charge in [0.2, 0.25) is 5.78 Å². The van der Waals surface area contributed by atoms with Crippen molar-refractivity contribution in [3.63, 3.8) is 0 Å². The summed E-state index contributed by atoms with van der Waals surface area (Å²) >= 11 is 0. The normalized spacial score (nSPS) is 39.0. The molecule has 3 aliphatic rings. The molecule has 0 amide bonds. The second-order valence-electron chi connectivity index (χ2n) is 6.06. The molecule has 23 heavy (non-hydrogen) atoms. The number of ketones is 1. The number of aldehydes is 1. The number of carbonyl (C=O) groups excluding carboxylic acids is 3. The Bertz CT molecular complexity index is 580. The van der Waals surface area contributed by atoms with Gasteiger partial charge < -0.3 is 19.0 Å². The van der Waals surface area contributed by atoms with E-state index in [2.05, 4.69) is 0 Å². The van der Waals surface area contributed by atoms with Gasteiger partial charge >= 0.3 is 5.97 Å². The van der Waals surface area contributed by atoms with Crippen LogP contribution in [0.15, 0.2) is 24.3 Å². The fourth-order valence-electron chi connectivity index (χ4n) is 3.63. The number of rotatable bonds is 6. The van der Waals surface area contributed by atoms with E-state index in [4.69, 9.17) is 14.2 Å². The van der Waals surface area contributed by atoms with E-state index in [-0.39, 0.29) is 18.3 Å². The Morgan fingerprint density at radius 2 is 2.09 bits per heavy atom. The Labute approximate surface area is 135 Å². The van der Waals surface area contributed by atoms with Gasteiger partial charge in [0.25, 0.3) is 0 Å². The van der Waals surface area contributed by atoms with Crippen molar-refractivity contribution in [2.45, 2.75) is 31.5 Å². The Balaban J connectivity index is 2.50. The van der Waals surface area contributed by atoms with Gasteiger partial charge in [0.15, 0.2) is 11.2 Å². The quantitative estimate of drug-likeness (QED) is 0.317. The number of hydrogen-bond acceptors (Lipinski definition) is 6. The first-order valence-electron chi connectivity index (χ1n) is 7.52. The predicted octanol–water partition coefficient (Wildman–Crippen LogP) is 1.24. The number of hydrogen-bond donors (Lipinski definition) is 0. The van der Waals surface area contributed by atoms with Crippen molar-refractivity contribution in [2.75, 3.05) is 20.8 Å². The number of Topliss-reactive ketones (excluding diaryl/α,β-unsaturated/α-hetero) is 1. The van der Waals surface area contributed by atoms with Crippen molar-refractivity contribution in [1.29, 1.82) is 0 Å². The van der Waals surface area contributed by atoms with Gasteiger partial charge in [0.1, 0.15) is 6.29 Å². The minimum atomic E-state index is -1.40. The van der Waals surface area contributed by atoms with Crippen molar-refractivity contribution < 1.29 is 28.6 Å². The van der Waals surface area contributed by atoms with E-state index in [1.54, 1.807) is 19.9 Å².